The Morgan fingerprint density at radius 2 is 2.30 bits per heavy atom. The van der Waals surface area contributed by atoms with Crippen LogP contribution in [0.25, 0.3) is 0 Å². The van der Waals surface area contributed by atoms with Crippen LogP contribution < -0.4 is 5.32 Å². The molecule has 6 heteroatoms. The number of aromatic nitrogens is 2. The Morgan fingerprint density at radius 3 is 2.90 bits per heavy atom. The van der Waals surface area contributed by atoms with Crippen LogP contribution in [0.5, 0.6) is 0 Å². The van der Waals surface area contributed by atoms with Gasteiger partial charge in [0.1, 0.15) is 11.5 Å². The number of aliphatic hydroxyl groups excluding tert-OH is 1. The maximum absolute atomic E-state index is 12.1. The number of nitrogens with one attached hydrogen (secondary N) is 1. The van der Waals surface area contributed by atoms with Gasteiger partial charge in [0.05, 0.1) is 17.3 Å². The summed E-state index contributed by atoms with van der Waals surface area (Å²) in [6, 6.07) is 0. The molecule has 2 atom stereocenters. The van der Waals surface area contributed by atoms with Crippen LogP contribution in [0, 0.1) is 5.92 Å². The van der Waals surface area contributed by atoms with Crippen LogP contribution in [0.15, 0.2) is 6.20 Å². The van der Waals surface area contributed by atoms with Crippen LogP contribution in [0.2, 0.25) is 5.02 Å². The van der Waals surface area contributed by atoms with E-state index in [1.54, 1.807) is 0 Å². The molecule has 0 saturated heterocycles. The molecule has 5 nitrogen and oxygen atoms in total. The summed E-state index contributed by atoms with van der Waals surface area (Å²) in [4.78, 5) is 20.5. The molecule has 1 heterocycles. The van der Waals surface area contributed by atoms with Crippen molar-refractivity contribution >= 4 is 17.5 Å². The second-order valence-electron chi connectivity index (χ2n) is 5.55. The zero-order chi connectivity index (χ0) is 14.7. The summed E-state index contributed by atoms with van der Waals surface area (Å²) in [7, 11) is 0. The summed E-state index contributed by atoms with van der Waals surface area (Å²) < 4.78 is 0. The zero-order valence-corrected chi connectivity index (χ0v) is 12.5. The van der Waals surface area contributed by atoms with Crippen molar-refractivity contribution in [1.29, 1.82) is 0 Å². The largest absolute Gasteiger partial charge is 0.393 e. The van der Waals surface area contributed by atoms with E-state index in [-0.39, 0.29) is 34.6 Å². The Labute approximate surface area is 123 Å². The van der Waals surface area contributed by atoms with Crippen LogP contribution in [-0.2, 0) is 0 Å². The number of rotatable bonds is 4. The molecule has 2 rings (SSSR count). The Hall–Kier alpha value is -1.20. The van der Waals surface area contributed by atoms with Gasteiger partial charge in [0.25, 0.3) is 5.91 Å². The molecule has 0 spiro atoms. The predicted octanol–water partition coefficient (Wildman–Crippen LogP) is 2.14. The lowest BCUT2D eigenvalue weighted by Gasteiger charge is -2.15. The van der Waals surface area contributed by atoms with E-state index in [2.05, 4.69) is 15.3 Å². The van der Waals surface area contributed by atoms with E-state index in [0.717, 1.165) is 19.3 Å². The summed E-state index contributed by atoms with van der Waals surface area (Å²) in [5, 5.41) is 12.8. The first-order chi connectivity index (χ1) is 9.49. The first-order valence-corrected chi connectivity index (χ1v) is 7.35. The van der Waals surface area contributed by atoms with Gasteiger partial charge in [-0.2, -0.15) is 0 Å². The number of hydrogen-bond donors (Lipinski definition) is 2. The monoisotopic (exact) mass is 297 g/mol. The number of nitrogens with zero attached hydrogens (tertiary/aromatic N) is 2. The van der Waals surface area contributed by atoms with Gasteiger partial charge < -0.3 is 10.4 Å². The molecule has 0 aliphatic heterocycles. The van der Waals surface area contributed by atoms with Gasteiger partial charge in [-0.1, -0.05) is 31.9 Å². The van der Waals surface area contributed by atoms with E-state index in [9.17, 15) is 9.90 Å². The van der Waals surface area contributed by atoms with E-state index in [4.69, 9.17) is 11.6 Å². The number of hydrogen-bond acceptors (Lipinski definition) is 4. The standard InChI is InChI=1S/C14H20ClN3O2/c1-8(2)13-16-7-10(15)12(18-13)14(20)17-6-9-4-3-5-11(9)19/h7-9,11,19H,3-6H2,1-2H3,(H,17,20). The molecular formula is C14H20ClN3O2. The third kappa shape index (κ3) is 3.46. The minimum atomic E-state index is -0.317. The van der Waals surface area contributed by atoms with E-state index >= 15 is 0 Å². The maximum atomic E-state index is 12.1. The predicted molar refractivity (Wildman–Crippen MR) is 76.8 cm³/mol. The topological polar surface area (TPSA) is 75.1 Å². The fourth-order valence-corrected chi connectivity index (χ4v) is 2.56. The summed E-state index contributed by atoms with van der Waals surface area (Å²) in [6.07, 6.45) is 3.90. The normalized spacial score (nSPS) is 22.2. The van der Waals surface area contributed by atoms with Crippen LogP contribution in [0.3, 0.4) is 0 Å². The Balaban J connectivity index is 2.03. The quantitative estimate of drug-likeness (QED) is 0.893. The highest BCUT2D eigenvalue weighted by Crippen LogP contribution is 2.25. The summed E-state index contributed by atoms with van der Waals surface area (Å²) >= 11 is 5.98. The Kier molecular flexibility index (Phi) is 4.94. The molecule has 1 aliphatic rings. The summed E-state index contributed by atoms with van der Waals surface area (Å²) in [6.45, 7) is 4.37. The zero-order valence-electron chi connectivity index (χ0n) is 11.8. The average molecular weight is 298 g/mol. The van der Waals surface area contributed by atoms with Gasteiger partial charge in [-0.25, -0.2) is 9.97 Å². The molecule has 1 aromatic heterocycles. The fourth-order valence-electron chi connectivity index (χ4n) is 2.38. The van der Waals surface area contributed by atoms with Crippen LogP contribution in [0.4, 0.5) is 0 Å². The highest BCUT2D eigenvalue weighted by atomic mass is 35.5. The molecular weight excluding hydrogens is 278 g/mol. The third-order valence-electron chi connectivity index (χ3n) is 3.64. The van der Waals surface area contributed by atoms with E-state index in [1.807, 2.05) is 13.8 Å². The van der Waals surface area contributed by atoms with Crippen molar-refractivity contribution in [1.82, 2.24) is 15.3 Å². The van der Waals surface area contributed by atoms with Crippen molar-refractivity contribution in [2.45, 2.75) is 45.1 Å². The van der Waals surface area contributed by atoms with Gasteiger partial charge in [0.15, 0.2) is 0 Å². The van der Waals surface area contributed by atoms with Gasteiger partial charge >= 0.3 is 0 Å². The second-order valence-corrected chi connectivity index (χ2v) is 5.96. The summed E-state index contributed by atoms with van der Waals surface area (Å²) in [5.41, 5.74) is 0.206. The average Bonchev–Trinajstić information content (AvgIpc) is 2.81. The lowest BCUT2D eigenvalue weighted by Crippen LogP contribution is -2.33. The lowest BCUT2D eigenvalue weighted by atomic mass is 10.1. The SMILES string of the molecule is CC(C)c1ncc(Cl)c(C(=O)NCC2CCCC2O)n1. The first kappa shape index (κ1) is 15.2. The van der Waals surface area contributed by atoms with E-state index in [0.29, 0.717) is 12.4 Å². The number of amides is 1. The molecule has 110 valence electrons. The van der Waals surface area contributed by atoms with Gasteiger partial charge in [0, 0.05) is 18.4 Å². The smallest absolute Gasteiger partial charge is 0.271 e. The second kappa shape index (κ2) is 6.50. The molecule has 2 unspecified atom stereocenters. The van der Waals surface area contributed by atoms with Crippen molar-refractivity contribution in [3.63, 3.8) is 0 Å². The van der Waals surface area contributed by atoms with Gasteiger partial charge in [-0.15, -0.1) is 0 Å². The summed E-state index contributed by atoms with van der Waals surface area (Å²) in [5.74, 6) is 0.554. The van der Waals surface area contributed by atoms with Crippen LogP contribution in [-0.4, -0.2) is 33.6 Å². The third-order valence-corrected chi connectivity index (χ3v) is 3.91. The highest BCUT2D eigenvalue weighted by Gasteiger charge is 2.26. The van der Waals surface area contributed by atoms with Gasteiger partial charge in [0.2, 0.25) is 0 Å². The van der Waals surface area contributed by atoms with Crippen LogP contribution in [0.1, 0.15) is 55.3 Å². The molecule has 1 aliphatic carbocycles. The lowest BCUT2D eigenvalue weighted by molar-refractivity contribution is 0.0911. The maximum Gasteiger partial charge on any atom is 0.271 e. The van der Waals surface area contributed by atoms with E-state index in [1.165, 1.54) is 6.20 Å². The highest BCUT2D eigenvalue weighted by molar-refractivity contribution is 6.33. The number of carbonyl (C=O) groups is 1. The minimum absolute atomic E-state index is 0.129. The molecule has 1 amide bonds. The van der Waals surface area contributed by atoms with E-state index < -0.39 is 0 Å². The van der Waals surface area contributed by atoms with Crippen molar-refractivity contribution in [2.75, 3.05) is 6.54 Å². The number of halogens is 1. The van der Waals surface area contributed by atoms with Crippen molar-refractivity contribution < 1.29 is 9.90 Å². The fraction of sp³-hybridized carbons (Fsp3) is 0.643. The Morgan fingerprint density at radius 1 is 1.55 bits per heavy atom. The molecule has 0 radical (unpaired) electrons. The molecule has 1 fully saturated rings. The number of carbonyl (C=O) groups excluding carboxylic acids is 1. The molecule has 0 bridgehead atoms. The first-order valence-electron chi connectivity index (χ1n) is 6.97. The molecule has 20 heavy (non-hydrogen) atoms. The Bertz CT molecular complexity index is 493. The van der Waals surface area contributed by atoms with Gasteiger partial charge in [-0.05, 0) is 12.8 Å². The molecule has 1 saturated carbocycles. The van der Waals surface area contributed by atoms with Crippen LogP contribution >= 0.6 is 11.6 Å². The van der Waals surface area contributed by atoms with Crippen molar-refractivity contribution in [2.24, 2.45) is 5.92 Å². The molecule has 0 aromatic carbocycles. The molecule has 2 N–H and O–H groups in total. The van der Waals surface area contributed by atoms with Gasteiger partial charge in [-0.3, -0.25) is 4.79 Å². The van der Waals surface area contributed by atoms with Crippen molar-refractivity contribution in [3.05, 3.63) is 22.7 Å². The minimum Gasteiger partial charge on any atom is -0.393 e. The molecule has 1 aromatic rings. The number of aliphatic hydroxyl groups is 1. The van der Waals surface area contributed by atoms with Crippen molar-refractivity contribution in [3.8, 4) is 0 Å².